The first kappa shape index (κ1) is 14.5. The first-order valence-electron chi connectivity index (χ1n) is 6.27. The number of amides is 1. The number of hydrogen-bond donors (Lipinski definition) is 2. The summed E-state index contributed by atoms with van der Waals surface area (Å²) >= 11 is 0. The van der Waals surface area contributed by atoms with E-state index in [-0.39, 0.29) is 22.8 Å². The molecule has 1 aromatic heterocycles. The standard InChI is InChI=1S/C13H15N5O3/c1-17-8-9(7-16-17)4-5-15-13(19)10-2-3-11(14)12(6-10)18(20)21/h2-3,6-8H,4-5,14H2,1H3,(H,15,19). The highest BCUT2D eigenvalue weighted by molar-refractivity contribution is 5.95. The second-order valence-electron chi connectivity index (χ2n) is 4.56. The van der Waals surface area contributed by atoms with Crippen LogP contribution in [0.5, 0.6) is 0 Å². The molecule has 0 atom stereocenters. The Kier molecular flexibility index (Phi) is 4.17. The second kappa shape index (κ2) is 6.04. The molecule has 1 amide bonds. The summed E-state index contributed by atoms with van der Waals surface area (Å²) < 4.78 is 1.68. The molecule has 0 aliphatic carbocycles. The van der Waals surface area contributed by atoms with Gasteiger partial charge in [0.25, 0.3) is 11.6 Å². The second-order valence-corrected chi connectivity index (χ2v) is 4.56. The van der Waals surface area contributed by atoms with Gasteiger partial charge in [-0.15, -0.1) is 0 Å². The van der Waals surface area contributed by atoms with Crippen LogP contribution in [-0.4, -0.2) is 27.2 Å². The number of hydrogen-bond acceptors (Lipinski definition) is 5. The van der Waals surface area contributed by atoms with E-state index in [4.69, 9.17) is 5.73 Å². The summed E-state index contributed by atoms with van der Waals surface area (Å²) in [4.78, 5) is 22.1. The van der Waals surface area contributed by atoms with Crippen molar-refractivity contribution in [3.05, 3.63) is 51.8 Å². The number of aromatic nitrogens is 2. The molecule has 2 rings (SSSR count). The van der Waals surface area contributed by atoms with Gasteiger partial charge in [-0.1, -0.05) is 0 Å². The van der Waals surface area contributed by atoms with E-state index in [1.165, 1.54) is 18.2 Å². The zero-order valence-corrected chi connectivity index (χ0v) is 11.4. The molecule has 0 unspecified atom stereocenters. The van der Waals surface area contributed by atoms with Crippen molar-refractivity contribution < 1.29 is 9.72 Å². The summed E-state index contributed by atoms with van der Waals surface area (Å²) in [7, 11) is 1.82. The Labute approximate surface area is 120 Å². The fourth-order valence-electron chi connectivity index (χ4n) is 1.87. The van der Waals surface area contributed by atoms with Crippen molar-refractivity contribution in [2.75, 3.05) is 12.3 Å². The Morgan fingerprint density at radius 1 is 1.52 bits per heavy atom. The SMILES string of the molecule is Cn1cc(CCNC(=O)c2ccc(N)c([N+](=O)[O-])c2)cn1. The van der Waals surface area contributed by atoms with Gasteiger partial charge in [-0.3, -0.25) is 19.6 Å². The van der Waals surface area contributed by atoms with Crippen LogP contribution in [0.25, 0.3) is 0 Å². The molecule has 8 heteroatoms. The van der Waals surface area contributed by atoms with Gasteiger partial charge < -0.3 is 11.1 Å². The number of carbonyl (C=O) groups excluding carboxylic acids is 1. The smallest absolute Gasteiger partial charge is 0.292 e. The van der Waals surface area contributed by atoms with Crippen LogP contribution in [-0.2, 0) is 13.5 Å². The third-order valence-electron chi connectivity index (χ3n) is 2.95. The number of aryl methyl sites for hydroxylation is 1. The van der Waals surface area contributed by atoms with E-state index in [1.54, 1.807) is 10.9 Å². The quantitative estimate of drug-likeness (QED) is 0.481. The molecule has 0 aliphatic heterocycles. The van der Waals surface area contributed by atoms with Crippen molar-refractivity contribution in [1.29, 1.82) is 0 Å². The lowest BCUT2D eigenvalue weighted by Crippen LogP contribution is -2.25. The molecular weight excluding hydrogens is 274 g/mol. The zero-order valence-electron chi connectivity index (χ0n) is 11.4. The molecular formula is C13H15N5O3. The Morgan fingerprint density at radius 3 is 2.90 bits per heavy atom. The molecule has 0 bridgehead atoms. The number of nitro groups is 1. The van der Waals surface area contributed by atoms with Crippen LogP contribution < -0.4 is 11.1 Å². The minimum Gasteiger partial charge on any atom is -0.393 e. The van der Waals surface area contributed by atoms with Gasteiger partial charge in [0.2, 0.25) is 0 Å². The number of nitrogen functional groups attached to an aromatic ring is 1. The Hall–Kier alpha value is -2.90. The Morgan fingerprint density at radius 2 is 2.29 bits per heavy atom. The molecule has 8 nitrogen and oxygen atoms in total. The fourth-order valence-corrected chi connectivity index (χ4v) is 1.87. The van der Waals surface area contributed by atoms with Gasteiger partial charge in [0.15, 0.2) is 0 Å². The monoisotopic (exact) mass is 289 g/mol. The number of nitrogens with one attached hydrogen (secondary N) is 1. The van der Waals surface area contributed by atoms with Gasteiger partial charge in [-0.05, 0) is 24.1 Å². The summed E-state index contributed by atoms with van der Waals surface area (Å²) in [5.41, 5.74) is 6.46. The molecule has 0 radical (unpaired) electrons. The van der Waals surface area contributed by atoms with Crippen LogP contribution >= 0.6 is 0 Å². The molecule has 0 saturated heterocycles. The van der Waals surface area contributed by atoms with Gasteiger partial charge in [0.05, 0.1) is 11.1 Å². The highest BCUT2D eigenvalue weighted by Crippen LogP contribution is 2.22. The predicted octanol–water partition coefficient (Wildman–Crippen LogP) is 0.883. The highest BCUT2D eigenvalue weighted by atomic mass is 16.6. The van der Waals surface area contributed by atoms with Gasteiger partial charge in [-0.2, -0.15) is 5.10 Å². The van der Waals surface area contributed by atoms with E-state index >= 15 is 0 Å². The number of carbonyl (C=O) groups is 1. The molecule has 1 aromatic carbocycles. The molecule has 0 fully saturated rings. The number of nitrogens with two attached hydrogens (primary N) is 1. The van der Waals surface area contributed by atoms with E-state index in [0.717, 1.165) is 5.56 Å². The number of nitro benzene ring substituents is 1. The Balaban J connectivity index is 1.97. The van der Waals surface area contributed by atoms with Gasteiger partial charge >= 0.3 is 0 Å². The van der Waals surface area contributed by atoms with Crippen LogP contribution in [0.15, 0.2) is 30.6 Å². The summed E-state index contributed by atoms with van der Waals surface area (Å²) in [6.45, 7) is 0.419. The van der Waals surface area contributed by atoms with Crippen molar-refractivity contribution in [2.45, 2.75) is 6.42 Å². The maximum atomic E-state index is 11.9. The summed E-state index contributed by atoms with van der Waals surface area (Å²) in [6, 6.07) is 3.99. The van der Waals surface area contributed by atoms with Crippen LogP contribution in [0, 0.1) is 10.1 Å². The fraction of sp³-hybridized carbons (Fsp3) is 0.231. The van der Waals surface area contributed by atoms with Gasteiger partial charge in [0, 0.05) is 31.4 Å². The van der Waals surface area contributed by atoms with Crippen molar-refractivity contribution in [2.24, 2.45) is 7.05 Å². The van der Waals surface area contributed by atoms with Crippen LogP contribution in [0.4, 0.5) is 11.4 Å². The maximum Gasteiger partial charge on any atom is 0.292 e. The maximum absolute atomic E-state index is 11.9. The predicted molar refractivity (Wildman–Crippen MR) is 76.8 cm³/mol. The van der Waals surface area contributed by atoms with Crippen molar-refractivity contribution in [3.8, 4) is 0 Å². The number of nitrogens with zero attached hydrogens (tertiary/aromatic N) is 3. The molecule has 0 spiro atoms. The molecule has 0 aliphatic rings. The average Bonchev–Trinajstić information content (AvgIpc) is 2.84. The summed E-state index contributed by atoms with van der Waals surface area (Å²) in [5.74, 6) is -0.373. The number of rotatable bonds is 5. The van der Waals surface area contributed by atoms with Crippen molar-refractivity contribution >= 4 is 17.3 Å². The summed E-state index contributed by atoms with van der Waals surface area (Å²) in [6.07, 6.45) is 4.22. The highest BCUT2D eigenvalue weighted by Gasteiger charge is 2.15. The molecule has 2 aromatic rings. The Bertz CT molecular complexity index is 680. The molecule has 0 saturated carbocycles. The molecule has 21 heavy (non-hydrogen) atoms. The van der Waals surface area contributed by atoms with Gasteiger partial charge in [-0.25, -0.2) is 0 Å². The topological polar surface area (TPSA) is 116 Å². The van der Waals surface area contributed by atoms with Crippen molar-refractivity contribution in [3.63, 3.8) is 0 Å². The van der Waals surface area contributed by atoms with E-state index < -0.39 is 4.92 Å². The van der Waals surface area contributed by atoms with E-state index in [1.807, 2.05) is 13.2 Å². The third kappa shape index (κ3) is 3.56. The number of anilines is 1. The van der Waals surface area contributed by atoms with E-state index in [2.05, 4.69) is 10.4 Å². The normalized spacial score (nSPS) is 10.3. The first-order valence-corrected chi connectivity index (χ1v) is 6.27. The minimum atomic E-state index is -0.609. The lowest BCUT2D eigenvalue weighted by Gasteiger charge is -2.05. The summed E-state index contributed by atoms with van der Waals surface area (Å²) in [5, 5.41) is 17.5. The lowest BCUT2D eigenvalue weighted by atomic mass is 10.1. The zero-order chi connectivity index (χ0) is 15.4. The first-order chi connectivity index (χ1) is 9.97. The van der Waals surface area contributed by atoms with Crippen LogP contribution in [0.1, 0.15) is 15.9 Å². The van der Waals surface area contributed by atoms with Crippen LogP contribution in [0.3, 0.4) is 0 Å². The largest absolute Gasteiger partial charge is 0.393 e. The van der Waals surface area contributed by atoms with Crippen LogP contribution in [0.2, 0.25) is 0 Å². The van der Waals surface area contributed by atoms with Crippen molar-refractivity contribution in [1.82, 2.24) is 15.1 Å². The average molecular weight is 289 g/mol. The molecule has 1 heterocycles. The molecule has 110 valence electrons. The van der Waals surface area contributed by atoms with E-state index in [0.29, 0.717) is 13.0 Å². The lowest BCUT2D eigenvalue weighted by molar-refractivity contribution is -0.383. The minimum absolute atomic E-state index is 0.0342. The van der Waals surface area contributed by atoms with Gasteiger partial charge in [0.1, 0.15) is 5.69 Å². The molecule has 3 N–H and O–H groups in total. The van der Waals surface area contributed by atoms with E-state index in [9.17, 15) is 14.9 Å². The number of benzene rings is 1. The third-order valence-corrected chi connectivity index (χ3v) is 2.95.